The predicted molar refractivity (Wildman–Crippen MR) is 128 cm³/mol. The minimum Gasteiger partial charge on any atom is -0.347 e. The van der Waals surface area contributed by atoms with Gasteiger partial charge in [-0.25, -0.2) is 8.42 Å². The van der Waals surface area contributed by atoms with E-state index in [1.807, 2.05) is 18.2 Å². The summed E-state index contributed by atoms with van der Waals surface area (Å²) >= 11 is 1.24. The molecule has 1 saturated heterocycles. The van der Waals surface area contributed by atoms with E-state index in [0.29, 0.717) is 29.4 Å². The third-order valence-electron chi connectivity index (χ3n) is 6.55. The van der Waals surface area contributed by atoms with Crippen LogP contribution in [0.15, 0.2) is 46.7 Å². The minimum atomic E-state index is -3.49. The van der Waals surface area contributed by atoms with Crippen LogP contribution in [-0.4, -0.2) is 44.3 Å². The lowest BCUT2D eigenvalue weighted by atomic mass is 9.87. The Bertz CT molecular complexity index is 985. The lowest BCUT2D eigenvalue weighted by Gasteiger charge is -2.22. The Labute approximate surface area is 195 Å². The fourth-order valence-corrected chi connectivity index (χ4v) is 7.61. The van der Waals surface area contributed by atoms with Crippen LogP contribution in [0.3, 0.4) is 0 Å². The monoisotopic (exact) mass is 475 g/mol. The number of thiophene rings is 1. The standard InChI is InChI=1S/C24H33N3O3S2/c28-24(20-9-5-2-6-10-20)26-17-22-11-12-23(31-22)32(29,30)27-16-14-21(18-27)25-15-13-19-7-3-1-4-8-19/h2,5-6,9-12,19,21,25H,1,3-4,7-8,13-18H2,(H,26,28). The van der Waals surface area contributed by atoms with Gasteiger partial charge in [-0.15, -0.1) is 11.3 Å². The van der Waals surface area contributed by atoms with Gasteiger partial charge in [-0.3, -0.25) is 4.79 Å². The predicted octanol–water partition coefficient (Wildman–Crippen LogP) is 4.00. The molecule has 8 heteroatoms. The van der Waals surface area contributed by atoms with E-state index in [1.165, 1.54) is 49.9 Å². The van der Waals surface area contributed by atoms with Crippen LogP contribution in [0.25, 0.3) is 0 Å². The highest BCUT2D eigenvalue weighted by Gasteiger charge is 2.33. The molecule has 1 aliphatic carbocycles. The first-order valence-corrected chi connectivity index (χ1v) is 13.9. The highest BCUT2D eigenvalue weighted by molar-refractivity contribution is 7.91. The van der Waals surface area contributed by atoms with E-state index in [1.54, 1.807) is 28.6 Å². The molecule has 4 rings (SSSR count). The molecule has 1 atom stereocenters. The van der Waals surface area contributed by atoms with Gasteiger partial charge in [0.1, 0.15) is 4.21 Å². The molecule has 2 aliphatic rings. The summed E-state index contributed by atoms with van der Waals surface area (Å²) in [5.74, 6) is 0.675. The molecule has 0 spiro atoms. The number of benzene rings is 1. The van der Waals surface area contributed by atoms with Crippen LogP contribution in [0.1, 0.15) is 60.2 Å². The first kappa shape index (κ1) is 23.4. The lowest BCUT2D eigenvalue weighted by molar-refractivity contribution is 0.0951. The highest BCUT2D eigenvalue weighted by Crippen LogP contribution is 2.28. The van der Waals surface area contributed by atoms with Gasteiger partial charge in [-0.05, 0) is 49.6 Å². The van der Waals surface area contributed by atoms with Crippen molar-refractivity contribution in [3.8, 4) is 0 Å². The van der Waals surface area contributed by atoms with E-state index in [9.17, 15) is 13.2 Å². The van der Waals surface area contributed by atoms with Crippen molar-refractivity contribution in [1.29, 1.82) is 0 Å². The smallest absolute Gasteiger partial charge is 0.252 e. The van der Waals surface area contributed by atoms with Crippen molar-refractivity contribution in [2.24, 2.45) is 5.92 Å². The number of nitrogens with one attached hydrogen (secondary N) is 2. The van der Waals surface area contributed by atoms with Gasteiger partial charge >= 0.3 is 0 Å². The summed E-state index contributed by atoms with van der Waals surface area (Å²) < 4.78 is 28.1. The van der Waals surface area contributed by atoms with E-state index >= 15 is 0 Å². The van der Waals surface area contributed by atoms with Gasteiger partial charge in [0.15, 0.2) is 0 Å². The van der Waals surface area contributed by atoms with E-state index in [0.717, 1.165) is 23.8 Å². The molecule has 32 heavy (non-hydrogen) atoms. The number of carbonyl (C=O) groups is 1. The third-order valence-corrected chi connectivity index (χ3v) is 9.97. The van der Waals surface area contributed by atoms with Crippen molar-refractivity contribution in [3.05, 3.63) is 52.9 Å². The summed E-state index contributed by atoms with van der Waals surface area (Å²) in [4.78, 5) is 13.0. The molecular formula is C24H33N3O3S2. The van der Waals surface area contributed by atoms with Crippen molar-refractivity contribution >= 4 is 27.3 Å². The molecule has 2 N–H and O–H groups in total. The molecule has 1 unspecified atom stereocenters. The molecule has 174 valence electrons. The second-order valence-corrected chi connectivity index (χ2v) is 12.2. The largest absolute Gasteiger partial charge is 0.347 e. The highest BCUT2D eigenvalue weighted by atomic mass is 32.2. The Hall–Kier alpha value is -1.74. The van der Waals surface area contributed by atoms with E-state index in [-0.39, 0.29) is 11.9 Å². The molecular weight excluding hydrogens is 442 g/mol. The molecule has 1 aromatic carbocycles. The summed E-state index contributed by atoms with van der Waals surface area (Å²) in [5, 5.41) is 6.45. The number of hydrogen-bond donors (Lipinski definition) is 2. The zero-order valence-electron chi connectivity index (χ0n) is 18.5. The second kappa shape index (κ2) is 10.9. The summed E-state index contributed by atoms with van der Waals surface area (Å²) in [6.07, 6.45) is 8.85. The molecule has 1 aromatic heterocycles. The van der Waals surface area contributed by atoms with Gasteiger partial charge in [-0.1, -0.05) is 50.3 Å². The first-order chi connectivity index (χ1) is 15.5. The quantitative estimate of drug-likeness (QED) is 0.575. The Morgan fingerprint density at radius 1 is 1.03 bits per heavy atom. The number of sulfonamides is 1. The maximum absolute atomic E-state index is 13.1. The molecule has 0 radical (unpaired) electrons. The fraction of sp³-hybridized carbons (Fsp3) is 0.542. The molecule has 2 aromatic rings. The lowest BCUT2D eigenvalue weighted by Crippen LogP contribution is -2.36. The van der Waals surface area contributed by atoms with Crippen LogP contribution in [0, 0.1) is 5.92 Å². The van der Waals surface area contributed by atoms with Crippen LogP contribution < -0.4 is 10.6 Å². The zero-order valence-corrected chi connectivity index (χ0v) is 20.1. The summed E-state index contributed by atoms with van der Waals surface area (Å²) in [6, 6.07) is 12.7. The molecule has 1 saturated carbocycles. The Kier molecular flexibility index (Phi) is 7.99. The average molecular weight is 476 g/mol. The van der Waals surface area contributed by atoms with Gasteiger partial charge in [-0.2, -0.15) is 4.31 Å². The van der Waals surface area contributed by atoms with Crippen molar-refractivity contribution in [2.75, 3.05) is 19.6 Å². The molecule has 6 nitrogen and oxygen atoms in total. The zero-order chi connectivity index (χ0) is 22.4. The van der Waals surface area contributed by atoms with Crippen LogP contribution in [0.5, 0.6) is 0 Å². The van der Waals surface area contributed by atoms with E-state index in [2.05, 4.69) is 10.6 Å². The Balaban J connectivity index is 1.25. The summed E-state index contributed by atoms with van der Waals surface area (Å²) in [7, 11) is -3.49. The molecule has 1 amide bonds. The number of rotatable bonds is 9. The molecule has 2 heterocycles. The van der Waals surface area contributed by atoms with Gasteiger partial charge in [0.25, 0.3) is 15.9 Å². The molecule has 2 fully saturated rings. The van der Waals surface area contributed by atoms with Crippen molar-refractivity contribution < 1.29 is 13.2 Å². The minimum absolute atomic E-state index is 0.162. The Morgan fingerprint density at radius 2 is 1.81 bits per heavy atom. The van der Waals surface area contributed by atoms with Crippen molar-refractivity contribution in [2.45, 2.75) is 61.7 Å². The number of hydrogen-bond acceptors (Lipinski definition) is 5. The van der Waals surface area contributed by atoms with Crippen LogP contribution in [0.4, 0.5) is 0 Å². The van der Waals surface area contributed by atoms with Gasteiger partial charge in [0, 0.05) is 29.6 Å². The van der Waals surface area contributed by atoms with E-state index < -0.39 is 10.0 Å². The van der Waals surface area contributed by atoms with Crippen LogP contribution >= 0.6 is 11.3 Å². The van der Waals surface area contributed by atoms with Crippen LogP contribution in [0.2, 0.25) is 0 Å². The average Bonchev–Trinajstić information content (AvgIpc) is 3.49. The second-order valence-electron chi connectivity index (χ2n) is 8.86. The topological polar surface area (TPSA) is 78.5 Å². The fourth-order valence-electron chi connectivity index (χ4n) is 4.66. The van der Waals surface area contributed by atoms with Crippen molar-refractivity contribution in [3.63, 3.8) is 0 Å². The Morgan fingerprint density at radius 3 is 2.59 bits per heavy atom. The normalized spacial score (nSPS) is 20.4. The van der Waals surface area contributed by atoms with Crippen molar-refractivity contribution in [1.82, 2.24) is 14.9 Å². The van der Waals surface area contributed by atoms with Gasteiger partial charge in [0.2, 0.25) is 0 Å². The van der Waals surface area contributed by atoms with Gasteiger partial charge in [0.05, 0.1) is 6.54 Å². The molecule has 0 bridgehead atoms. The maximum atomic E-state index is 13.1. The third kappa shape index (κ3) is 5.98. The van der Waals surface area contributed by atoms with Crippen LogP contribution in [-0.2, 0) is 16.6 Å². The first-order valence-electron chi connectivity index (χ1n) is 11.7. The number of amides is 1. The summed E-state index contributed by atoms with van der Waals surface area (Å²) in [5.41, 5.74) is 0.594. The number of nitrogens with zero attached hydrogens (tertiary/aromatic N) is 1. The summed E-state index contributed by atoms with van der Waals surface area (Å²) in [6.45, 7) is 2.39. The SMILES string of the molecule is O=C(NCc1ccc(S(=O)(=O)N2CCC(NCCC3CCCCC3)C2)s1)c1ccccc1. The van der Waals surface area contributed by atoms with Gasteiger partial charge < -0.3 is 10.6 Å². The number of carbonyl (C=O) groups excluding carboxylic acids is 1. The maximum Gasteiger partial charge on any atom is 0.252 e. The van der Waals surface area contributed by atoms with E-state index in [4.69, 9.17) is 0 Å². The molecule has 1 aliphatic heterocycles.